The summed E-state index contributed by atoms with van der Waals surface area (Å²) in [5.74, 6) is -1.48. The highest BCUT2D eigenvalue weighted by atomic mass is 35.5. The second kappa shape index (κ2) is 9.17. The van der Waals surface area contributed by atoms with Gasteiger partial charge in [-0.25, -0.2) is 5.43 Å². The molecular weight excluding hydrogens is 394 g/mol. The minimum atomic E-state index is -0.905. The first kappa shape index (κ1) is 21.0. The summed E-state index contributed by atoms with van der Waals surface area (Å²) in [6.07, 6.45) is 0.0551. The van der Waals surface area contributed by atoms with Crippen molar-refractivity contribution in [3.05, 3.63) is 64.7 Å². The molecule has 0 radical (unpaired) electrons. The molecule has 2 aromatic rings. The minimum absolute atomic E-state index is 0.0551. The molecular formula is C21H22ClN3O4. The van der Waals surface area contributed by atoms with Crippen molar-refractivity contribution in [1.82, 2.24) is 5.43 Å². The van der Waals surface area contributed by atoms with E-state index in [4.69, 9.17) is 21.1 Å². The summed E-state index contributed by atoms with van der Waals surface area (Å²) >= 11 is 5.94. The Morgan fingerprint density at radius 1 is 1.10 bits per heavy atom. The van der Waals surface area contributed by atoms with E-state index in [0.29, 0.717) is 35.2 Å². The zero-order valence-electron chi connectivity index (χ0n) is 16.2. The zero-order valence-corrected chi connectivity index (χ0v) is 17.0. The second-order valence-electron chi connectivity index (χ2n) is 6.78. The summed E-state index contributed by atoms with van der Waals surface area (Å²) in [6, 6.07) is 13.9. The number of nitrogens with zero attached hydrogens (tertiary/aromatic N) is 1. The van der Waals surface area contributed by atoms with Crippen LogP contribution in [-0.2, 0) is 14.3 Å². The van der Waals surface area contributed by atoms with Crippen LogP contribution in [-0.4, -0.2) is 36.5 Å². The predicted molar refractivity (Wildman–Crippen MR) is 111 cm³/mol. The second-order valence-corrected chi connectivity index (χ2v) is 7.22. The van der Waals surface area contributed by atoms with Crippen LogP contribution in [0.3, 0.4) is 0 Å². The number of carbonyl (C=O) groups excluding carboxylic acids is 2. The molecule has 1 heterocycles. The van der Waals surface area contributed by atoms with Gasteiger partial charge in [-0.05, 0) is 49.7 Å². The molecule has 0 atom stereocenters. The number of nitrogens with one attached hydrogen (secondary N) is 2. The average Bonchev–Trinajstić information content (AvgIpc) is 3.12. The topological polar surface area (TPSA) is 89.0 Å². The Morgan fingerprint density at radius 2 is 1.79 bits per heavy atom. The van der Waals surface area contributed by atoms with Gasteiger partial charge in [0.15, 0.2) is 5.79 Å². The van der Waals surface area contributed by atoms with Gasteiger partial charge >= 0.3 is 0 Å². The Labute approximate surface area is 174 Å². The Bertz CT molecular complexity index is 939. The molecule has 2 aromatic carbocycles. The number of halogens is 1. The Kier molecular flexibility index (Phi) is 6.64. The van der Waals surface area contributed by atoms with Crippen molar-refractivity contribution in [2.75, 3.05) is 18.5 Å². The third-order valence-electron chi connectivity index (χ3n) is 4.35. The fraction of sp³-hybridized carbons (Fsp3) is 0.286. The van der Waals surface area contributed by atoms with Gasteiger partial charge in [0.2, 0.25) is 5.91 Å². The highest BCUT2D eigenvalue weighted by Gasteiger charge is 2.33. The van der Waals surface area contributed by atoms with E-state index in [-0.39, 0.29) is 18.2 Å². The first-order chi connectivity index (χ1) is 13.8. The van der Waals surface area contributed by atoms with Crippen molar-refractivity contribution < 1.29 is 19.1 Å². The number of benzene rings is 2. The molecule has 1 aliphatic heterocycles. The molecule has 0 saturated carbocycles. The van der Waals surface area contributed by atoms with Gasteiger partial charge in [-0.2, -0.15) is 5.10 Å². The average molecular weight is 416 g/mol. The summed E-state index contributed by atoms with van der Waals surface area (Å²) in [5.41, 5.74) is 4.93. The molecule has 2 N–H and O–H groups in total. The Balaban J connectivity index is 1.62. The number of hydrogen-bond acceptors (Lipinski definition) is 5. The van der Waals surface area contributed by atoms with Gasteiger partial charge in [0.1, 0.15) is 0 Å². The molecule has 0 unspecified atom stereocenters. The molecule has 0 spiro atoms. The monoisotopic (exact) mass is 415 g/mol. The molecule has 0 aromatic heterocycles. The quantitative estimate of drug-likeness (QED) is 0.557. The molecule has 7 nitrogen and oxygen atoms in total. The summed E-state index contributed by atoms with van der Waals surface area (Å²) < 4.78 is 10.8. The molecule has 3 rings (SSSR count). The third kappa shape index (κ3) is 5.87. The lowest BCUT2D eigenvalue weighted by molar-refractivity contribution is -0.159. The number of rotatable bonds is 6. The van der Waals surface area contributed by atoms with Gasteiger partial charge in [-0.15, -0.1) is 0 Å². The maximum Gasteiger partial charge on any atom is 0.255 e. The van der Waals surface area contributed by atoms with Gasteiger partial charge in [0, 0.05) is 16.3 Å². The van der Waals surface area contributed by atoms with Crippen molar-refractivity contribution in [2.45, 2.75) is 26.1 Å². The number of hydrogen-bond donors (Lipinski definition) is 2. The van der Waals surface area contributed by atoms with Crippen molar-refractivity contribution >= 4 is 34.8 Å². The van der Waals surface area contributed by atoms with Crippen LogP contribution in [0, 0.1) is 0 Å². The summed E-state index contributed by atoms with van der Waals surface area (Å²) in [5, 5.41) is 7.45. The number of hydrazone groups is 1. The van der Waals surface area contributed by atoms with Crippen LogP contribution >= 0.6 is 11.6 Å². The van der Waals surface area contributed by atoms with Gasteiger partial charge < -0.3 is 14.8 Å². The third-order valence-corrected chi connectivity index (χ3v) is 4.59. The SMILES string of the molecule is C/C(=N\NC(=O)CC1(C)OCCO1)c1cccc(NC(=O)c2cccc(Cl)c2)c1. The number of anilines is 1. The fourth-order valence-corrected chi connectivity index (χ4v) is 3.05. The van der Waals surface area contributed by atoms with E-state index in [2.05, 4.69) is 15.8 Å². The highest BCUT2D eigenvalue weighted by Crippen LogP contribution is 2.22. The molecule has 1 fully saturated rings. The normalized spacial score (nSPS) is 15.8. The lowest BCUT2D eigenvalue weighted by atomic mass is 10.1. The Hall–Kier alpha value is -2.74. The molecule has 8 heteroatoms. The summed E-state index contributed by atoms with van der Waals surface area (Å²) in [4.78, 5) is 24.5. The molecule has 0 bridgehead atoms. The van der Waals surface area contributed by atoms with Crippen molar-refractivity contribution in [1.29, 1.82) is 0 Å². The van der Waals surface area contributed by atoms with Crippen molar-refractivity contribution in [3.63, 3.8) is 0 Å². The number of carbonyl (C=O) groups is 2. The first-order valence-corrected chi connectivity index (χ1v) is 9.51. The molecule has 0 aliphatic carbocycles. The summed E-state index contributed by atoms with van der Waals surface area (Å²) in [7, 11) is 0. The van der Waals surface area contributed by atoms with Crippen LogP contribution in [0.1, 0.15) is 36.2 Å². The molecule has 152 valence electrons. The van der Waals surface area contributed by atoms with E-state index in [1.807, 2.05) is 6.07 Å². The van der Waals surface area contributed by atoms with Gasteiger partial charge in [0.05, 0.1) is 25.3 Å². The Morgan fingerprint density at radius 3 is 2.52 bits per heavy atom. The molecule has 1 aliphatic rings. The molecule has 1 saturated heterocycles. The predicted octanol–water partition coefficient (Wildman–Crippen LogP) is 3.59. The zero-order chi connectivity index (χ0) is 20.9. The van der Waals surface area contributed by atoms with Crippen LogP contribution in [0.15, 0.2) is 53.6 Å². The van der Waals surface area contributed by atoms with E-state index < -0.39 is 5.79 Å². The van der Waals surface area contributed by atoms with E-state index in [1.54, 1.807) is 56.3 Å². The highest BCUT2D eigenvalue weighted by molar-refractivity contribution is 6.31. The molecule has 2 amide bonds. The van der Waals surface area contributed by atoms with Crippen LogP contribution in [0.2, 0.25) is 5.02 Å². The maximum absolute atomic E-state index is 12.4. The maximum atomic E-state index is 12.4. The summed E-state index contributed by atoms with van der Waals surface area (Å²) in [6.45, 7) is 4.43. The largest absolute Gasteiger partial charge is 0.347 e. The van der Waals surface area contributed by atoms with E-state index in [9.17, 15) is 9.59 Å². The van der Waals surface area contributed by atoms with Crippen LogP contribution in [0.5, 0.6) is 0 Å². The fourth-order valence-electron chi connectivity index (χ4n) is 2.86. The van der Waals surface area contributed by atoms with E-state index in [0.717, 1.165) is 5.56 Å². The lowest BCUT2D eigenvalue weighted by Gasteiger charge is -2.20. The van der Waals surface area contributed by atoms with Crippen LogP contribution in [0.4, 0.5) is 5.69 Å². The minimum Gasteiger partial charge on any atom is -0.347 e. The molecule has 29 heavy (non-hydrogen) atoms. The first-order valence-electron chi connectivity index (χ1n) is 9.13. The standard InChI is InChI=1S/C21H22ClN3O4/c1-14(24-25-19(26)13-21(2)28-9-10-29-21)15-5-4-8-18(12-15)23-20(27)16-6-3-7-17(22)11-16/h3-8,11-12H,9-10,13H2,1-2H3,(H,23,27)(H,25,26)/b24-14+. The van der Waals surface area contributed by atoms with Gasteiger partial charge in [0.25, 0.3) is 5.91 Å². The van der Waals surface area contributed by atoms with Crippen molar-refractivity contribution in [2.24, 2.45) is 5.10 Å². The van der Waals surface area contributed by atoms with E-state index >= 15 is 0 Å². The van der Waals surface area contributed by atoms with Crippen molar-refractivity contribution in [3.8, 4) is 0 Å². The smallest absolute Gasteiger partial charge is 0.255 e. The van der Waals surface area contributed by atoms with Gasteiger partial charge in [-0.1, -0.05) is 29.8 Å². The van der Waals surface area contributed by atoms with Gasteiger partial charge in [-0.3, -0.25) is 9.59 Å². The van der Waals surface area contributed by atoms with Crippen LogP contribution < -0.4 is 10.7 Å². The number of amides is 2. The lowest BCUT2D eigenvalue weighted by Crippen LogP contribution is -2.33. The van der Waals surface area contributed by atoms with E-state index in [1.165, 1.54) is 0 Å². The van der Waals surface area contributed by atoms with Crippen LogP contribution in [0.25, 0.3) is 0 Å². The number of ether oxygens (including phenoxy) is 2.